The third kappa shape index (κ3) is 2.15. The molecule has 0 spiro atoms. The molecule has 0 bridgehead atoms. The maximum absolute atomic E-state index is 5.92. The van der Waals surface area contributed by atoms with Crippen LogP contribution >= 0.6 is 11.6 Å². The molecule has 2 aliphatic rings. The van der Waals surface area contributed by atoms with E-state index in [1.165, 1.54) is 5.70 Å². The van der Waals surface area contributed by atoms with Crippen LogP contribution in [0.2, 0.25) is 0 Å². The second-order valence-electron chi connectivity index (χ2n) is 3.92. The van der Waals surface area contributed by atoms with Gasteiger partial charge in [-0.2, -0.15) is 5.10 Å². The third-order valence-corrected chi connectivity index (χ3v) is 2.84. The highest BCUT2D eigenvalue weighted by molar-refractivity contribution is 6.68. The van der Waals surface area contributed by atoms with Gasteiger partial charge < -0.3 is 0 Å². The Morgan fingerprint density at radius 2 is 2.33 bits per heavy atom. The molecule has 1 atom stereocenters. The van der Waals surface area contributed by atoms with Crippen LogP contribution in [-0.2, 0) is 0 Å². The molecular formula is C12H15ClN2. The number of hydrogen-bond acceptors (Lipinski definition) is 2. The van der Waals surface area contributed by atoms with Crippen LogP contribution in [-0.4, -0.2) is 10.2 Å². The van der Waals surface area contributed by atoms with Gasteiger partial charge in [-0.15, -0.1) is 0 Å². The van der Waals surface area contributed by atoms with Crippen molar-refractivity contribution < 1.29 is 0 Å². The zero-order valence-corrected chi connectivity index (χ0v) is 9.83. The van der Waals surface area contributed by atoms with Crippen molar-refractivity contribution >= 4 is 16.8 Å². The highest BCUT2D eigenvalue weighted by atomic mass is 35.5. The molecule has 0 amide bonds. The van der Waals surface area contributed by atoms with Crippen LogP contribution in [0, 0.1) is 5.92 Å². The number of nitrogens with zero attached hydrogens (tertiary/aromatic N) is 2. The summed E-state index contributed by atoms with van der Waals surface area (Å²) in [6, 6.07) is 0. The van der Waals surface area contributed by atoms with Gasteiger partial charge in [0.05, 0.1) is 5.70 Å². The largest absolute Gasteiger partial charge is 0.237 e. The van der Waals surface area contributed by atoms with Crippen molar-refractivity contribution in [1.82, 2.24) is 5.01 Å². The summed E-state index contributed by atoms with van der Waals surface area (Å²) in [4.78, 5) is 0. The first-order chi connectivity index (χ1) is 7.20. The lowest BCUT2D eigenvalue weighted by Crippen LogP contribution is -2.18. The molecule has 15 heavy (non-hydrogen) atoms. The van der Waals surface area contributed by atoms with Crippen LogP contribution in [0.5, 0.6) is 0 Å². The van der Waals surface area contributed by atoms with Crippen LogP contribution in [0.15, 0.2) is 40.8 Å². The lowest BCUT2D eigenvalue weighted by atomic mass is 10.1. The molecule has 3 heteroatoms. The highest BCUT2D eigenvalue weighted by Gasteiger charge is 2.18. The van der Waals surface area contributed by atoms with Crippen molar-refractivity contribution in [3.8, 4) is 0 Å². The fraction of sp³-hybridized carbons (Fsp3) is 0.417. The predicted octanol–water partition coefficient (Wildman–Crippen LogP) is 3.63. The fourth-order valence-electron chi connectivity index (χ4n) is 1.84. The zero-order chi connectivity index (χ0) is 10.8. The summed E-state index contributed by atoms with van der Waals surface area (Å²) >= 11 is 5.92. The molecule has 0 aliphatic carbocycles. The molecule has 0 aromatic rings. The van der Waals surface area contributed by atoms with E-state index in [2.05, 4.69) is 31.1 Å². The molecule has 2 aliphatic heterocycles. The van der Waals surface area contributed by atoms with E-state index in [4.69, 9.17) is 11.6 Å². The minimum absolute atomic E-state index is 0.543. The molecular weight excluding hydrogens is 208 g/mol. The van der Waals surface area contributed by atoms with Crippen molar-refractivity contribution in [3.63, 3.8) is 0 Å². The van der Waals surface area contributed by atoms with E-state index in [9.17, 15) is 0 Å². The van der Waals surface area contributed by atoms with E-state index >= 15 is 0 Å². The van der Waals surface area contributed by atoms with Crippen LogP contribution in [0.4, 0.5) is 0 Å². The number of hydrazone groups is 1. The second-order valence-corrected chi connectivity index (χ2v) is 4.31. The van der Waals surface area contributed by atoms with Gasteiger partial charge in [-0.3, -0.25) is 0 Å². The molecule has 0 fully saturated rings. The summed E-state index contributed by atoms with van der Waals surface area (Å²) in [6.45, 7) is 4.36. The van der Waals surface area contributed by atoms with Crippen LogP contribution in [0.25, 0.3) is 0 Å². The van der Waals surface area contributed by atoms with Gasteiger partial charge in [0.2, 0.25) is 0 Å². The van der Waals surface area contributed by atoms with E-state index in [0.717, 1.165) is 18.5 Å². The third-order valence-electron chi connectivity index (χ3n) is 2.64. The van der Waals surface area contributed by atoms with Crippen molar-refractivity contribution in [2.24, 2.45) is 11.0 Å². The summed E-state index contributed by atoms with van der Waals surface area (Å²) in [5.41, 5.74) is 2.37. The molecule has 80 valence electrons. The topological polar surface area (TPSA) is 15.6 Å². The first-order valence-electron chi connectivity index (χ1n) is 5.34. The molecule has 0 radical (unpaired) electrons. The molecule has 2 heterocycles. The van der Waals surface area contributed by atoms with Crippen molar-refractivity contribution in [3.05, 3.63) is 35.7 Å². The minimum atomic E-state index is 0.543. The maximum atomic E-state index is 5.92. The summed E-state index contributed by atoms with van der Waals surface area (Å²) in [5, 5.41) is 6.84. The number of rotatable bonds is 1. The van der Waals surface area contributed by atoms with Gasteiger partial charge in [-0.25, -0.2) is 5.01 Å². The normalized spacial score (nSPS) is 25.1. The Kier molecular flexibility index (Phi) is 2.96. The van der Waals surface area contributed by atoms with Crippen LogP contribution in [0.1, 0.15) is 26.7 Å². The van der Waals surface area contributed by atoms with Gasteiger partial charge in [0.15, 0.2) is 0 Å². The SMILES string of the molecule is CCC1=CC(C)CC=C2C=CC(Cl)=NN21. The Morgan fingerprint density at radius 3 is 3.07 bits per heavy atom. The molecule has 0 N–H and O–H groups in total. The average molecular weight is 223 g/mol. The van der Waals surface area contributed by atoms with E-state index in [1.807, 2.05) is 17.2 Å². The Hall–Kier alpha value is -1.02. The molecule has 0 saturated heterocycles. The number of hydrogen-bond donors (Lipinski definition) is 0. The number of allylic oxidation sites excluding steroid dienone is 5. The van der Waals surface area contributed by atoms with E-state index < -0.39 is 0 Å². The Bertz CT molecular complexity index is 377. The quantitative estimate of drug-likeness (QED) is 0.662. The summed E-state index contributed by atoms with van der Waals surface area (Å²) < 4.78 is 0. The monoisotopic (exact) mass is 222 g/mol. The lowest BCUT2D eigenvalue weighted by molar-refractivity contribution is 0.451. The van der Waals surface area contributed by atoms with E-state index in [0.29, 0.717) is 11.1 Å². The number of halogens is 1. The summed E-state index contributed by atoms with van der Waals surface area (Å²) in [7, 11) is 0. The standard InChI is InChI=1S/C12H15ClN2/c1-3-10-8-9(2)4-5-11-6-7-12(13)14-15(10)11/h5-9H,3-4H2,1-2H3. The smallest absolute Gasteiger partial charge is 0.150 e. The van der Waals surface area contributed by atoms with Crippen molar-refractivity contribution in [2.75, 3.05) is 0 Å². The maximum Gasteiger partial charge on any atom is 0.150 e. The summed E-state index contributed by atoms with van der Waals surface area (Å²) in [5.74, 6) is 0.570. The highest BCUT2D eigenvalue weighted by Crippen LogP contribution is 2.28. The first-order valence-corrected chi connectivity index (χ1v) is 5.71. The molecule has 2 rings (SSSR count). The van der Waals surface area contributed by atoms with Gasteiger partial charge >= 0.3 is 0 Å². The van der Waals surface area contributed by atoms with Gasteiger partial charge in [0.25, 0.3) is 0 Å². The van der Waals surface area contributed by atoms with Gasteiger partial charge in [0.1, 0.15) is 5.17 Å². The van der Waals surface area contributed by atoms with Crippen molar-refractivity contribution in [2.45, 2.75) is 26.7 Å². The van der Waals surface area contributed by atoms with Crippen LogP contribution in [0.3, 0.4) is 0 Å². The predicted molar refractivity (Wildman–Crippen MR) is 64.5 cm³/mol. The van der Waals surface area contributed by atoms with Gasteiger partial charge in [-0.1, -0.05) is 37.6 Å². The Balaban J connectivity index is 2.40. The van der Waals surface area contributed by atoms with E-state index in [1.54, 1.807) is 0 Å². The van der Waals surface area contributed by atoms with Gasteiger partial charge in [-0.05, 0) is 30.9 Å². The molecule has 0 saturated carbocycles. The first kappa shape index (κ1) is 10.5. The second kappa shape index (κ2) is 4.23. The zero-order valence-electron chi connectivity index (χ0n) is 9.07. The molecule has 0 aromatic heterocycles. The Labute approximate surface area is 95.6 Å². The molecule has 2 nitrogen and oxygen atoms in total. The Morgan fingerprint density at radius 1 is 1.53 bits per heavy atom. The molecule has 0 aromatic carbocycles. The van der Waals surface area contributed by atoms with Crippen LogP contribution < -0.4 is 0 Å². The number of fused-ring (bicyclic) bond motifs is 1. The van der Waals surface area contributed by atoms with E-state index in [-0.39, 0.29) is 0 Å². The fourth-order valence-corrected chi connectivity index (χ4v) is 1.98. The summed E-state index contributed by atoms with van der Waals surface area (Å²) in [6.07, 6.45) is 10.4. The molecule has 1 unspecified atom stereocenters. The minimum Gasteiger partial charge on any atom is -0.237 e. The van der Waals surface area contributed by atoms with Crippen molar-refractivity contribution in [1.29, 1.82) is 0 Å². The lowest BCUT2D eigenvalue weighted by Gasteiger charge is -2.24. The average Bonchev–Trinajstić information content (AvgIpc) is 2.38. The van der Waals surface area contributed by atoms with Gasteiger partial charge in [0, 0.05) is 5.70 Å².